The van der Waals surface area contributed by atoms with Gasteiger partial charge in [0.25, 0.3) is 0 Å². The van der Waals surface area contributed by atoms with Crippen LogP contribution in [0.15, 0.2) is 54.6 Å². The third-order valence-electron chi connectivity index (χ3n) is 2.01. The fourth-order valence-electron chi connectivity index (χ4n) is 1.29. The van der Waals surface area contributed by atoms with E-state index in [1.54, 1.807) is 0 Å². The van der Waals surface area contributed by atoms with E-state index < -0.39 is 0 Å². The maximum absolute atomic E-state index is 5.81. The Morgan fingerprint density at radius 3 is 2.07 bits per heavy atom. The van der Waals surface area contributed by atoms with Crippen LogP contribution in [-0.2, 0) is 0 Å². The highest BCUT2D eigenvalue weighted by Crippen LogP contribution is 2.21. The quantitative estimate of drug-likeness (QED) is 0.726. The number of anilines is 3. The Labute approximate surface area is 90.7 Å². The van der Waals surface area contributed by atoms with Crippen molar-refractivity contribution in [3.05, 3.63) is 54.6 Å². The van der Waals surface area contributed by atoms with E-state index in [1.807, 2.05) is 54.6 Å². The lowest BCUT2D eigenvalue weighted by molar-refractivity contribution is 1.55. The lowest BCUT2D eigenvalue weighted by Gasteiger charge is -2.08. The molecule has 15 heavy (non-hydrogen) atoms. The maximum Gasteiger partial charge on any atom is 0.0617 e. The Balaban J connectivity index is 0.00000112. The second-order valence-electron chi connectivity index (χ2n) is 3.08. The minimum absolute atomic E-state index is 0. The largest absolute Gasteiger partial charge is 0.397 e. The minimum Gasteiger partial charge on any atom is -0.397 e. The Kier molecular flexibility index (Phi) is 3.75. The van der Waals surface area contributed by atoms with Gasteiger partial charge in [-0.1, -0.05) is 37.8 Å². The van der Waals surface area contributed by atoms with Crippen LogP contribution >= 0.6 is 0 Å². The zero-order valence-electron chi connectivity index (χ0n) is 7.77. The van der Waals surface area contributed by atoms with Crippen molar-refractivity contribution in [3.8, 4) is 0 Å². The first-order chi connectivity index (χ1) is 6.86. The molecule has 2 aromatic carbocycles. The van der Waals surface area contributed by atoms with Gasteiger partial charge in [0.2, 0.25) is 0 Å². The van der Waals surface area contributed by atoms with Crippen molar-refractivity contribution >= 4 is 17.1 Å². The van der Waals surface area contributed by atoms with Crippen LogP contribution in [0.2, 0.25) is 0 Å². The molecule has 0 saturated carbocycles. The number of nitrogens with one attached hydrogen (secondary N) is 1. The molecule has 0 fully saturated rings. The van der Waals surface area contributed by atoms with E-state index in [0.29, 0.717) is 0 Å². The molecular formula is C13H16N2. The molecule has 0 atom stereocenters. The van der Waals surface area contributed by atoms with Gasteiger partial charge in [0.15, 0.2) is 0 Å². The first-order valence-corrected chi connectivity index (χ1v) is 4.53. The molecule has 2 heteroatoms. The summed E-state index contributed by atoms with van der Waals surface area (Å²) in [6, 6.07) is 17.7. The number of para-hydroxylation sites is 3. The molecule has 0 spiro atoms. The first-order valence-electron chi connectivity index (χ1n) is 4.53. The van der Waals surface area contributed by atoms with Gasteiger partial charge in [-0.05, 0) is 24.3 Å². The van der Waals surface area contributed by atoms with E-state index in [0.717, 1.165) is 17.1 Å². The topological polar surface area (TPSA) is 38.0 Å². The number of rotatable bonds is 2. The fraction of sp³-hybridized carbons (Fsp3) is 0.0769. The number of hydrogen-bond acceptors (Lipinski definition) is 2. The third kappa shape index (κ3) is 2.74. The predicted octanol–water partition coefficient (Wildman–Crippen LogP) is 3.65. The van der Waals surface area contributed by atoms with E-state index >= 15 is 0 Å². The van der Waals surface area contributed by atoms with Crippen molar-refractivity contribution in [3.63, 3.8) is 0 Å². The van der Waals surface area contributed by atoms with Gasteiger partial charge >= 0.3 is 0 Å². The summed E-state index contributed by atoms with van der Waals surface area (Å²) in [5.41, 5.74) is 8.56. The van der Waals surface area contributed by atoms with Crippen LogP contribution in [0.3, 0.4) is 0 Å². The summed E-state index contributed by atoms with van der Waals surface area (Å²) >= 11 is 0. The molecule has 0 aromatic heterocycles. The molecule has 0 saturated heterocycles. The molecule has 3 N–H and O–H groups in total. The molecule has 2 rings (SSSR count). The summed E-state index contributed by atoms with van der Waals surface area (Å²) in [5.74, 6) is 0. The van der Waals surface area contributed by atoms with Crippen molar-refractivity contribution in [2.45, 2.75) is 7.43 Å². The highest BCUT2D eigenvalue weighted by atomic mass is 14.9. The standard InChI is InChI=1S/C12H12N2.CH4/c13-11-8-4-5-9-12(11)14-10-6-2-1-3-7-10;/h1-9,14H,13H2;1H4. The number of benzene rings is 2. The van der Waals surface area contributed by atoms with Crippen molar-refractivity contribution in [1.29, 1.82) is 0 Å². The Morgan fingerprint density at radius 1 is 0.800 bits per heavy atom. The molecule has 2 nitrogen and oxygen atoms in total. The normalized spacial score (nSPS) is 9.07. The summed E-state index contributed by atoms with van der Waals surface area (Å²) < 4.78 is 0. The lowest BCUT2D eigenvalue weighted by Crippen LogP contribution is -1.94. The van der Waals surface area contributed by atoms with Gasteiger partial charge < -0.3 is 11.1 Å². The van der Waals surface area contributed by atoms with Gasteiger partial charge in [-0.25, -0.2) is 0 Å². The number of nitrogen functional groups attached to an aromatic ring is 1. The zero-order valence-corrected chi connectivity index (χ0v) is 7.77. The maximum atomic E-state index is 5.81. The lowest BCUT2D eigenvalue weighted by atomic mass is 10.2. The summed E-state index contributed by atoms with van der Waals surface area (Å²) in [7, 11) is 0. The SMILES string of the molecule is C.Nc1ccccc1Nc1ccccc1. The Bertz CT molecular complexity index is 410. The van der Waals surface area contributed by atoms with Crippen LogP contribution in [0.4, 0.5) is 17.1 Å². The minimum atomic E-state index is 0. The van der Waals surface area contributed by atoms with Gasteiger partial charge in [-0.2, -0.15) is 0 Å². The third-order valence-corrected chi connectivity index (χ3v) is 2.01. The molecule has 0 unspecified atom stereocenters. The summed E-state index contributed by atoms with van der Waals surface area (Å²) in [6.07, 6.45) is 0. The molecule has 0 bridgehead atoms. The summed E-state index contributed by atoms with van der Waals surface area (Å²) in [5, 5.41) is 3.25. The van der Waals surface area contributed by atoms with Crippen LogP contribution in [0, 0.1) is 0 Å². The molecule has 0 amide bonds. The second-order valence-corrected chi connectivity index (χ2v) is 3.08. The van der Waals surface area contributed by atoms with Crippen molar-refractivity contribution in [2.24, 2.45) is 0 Å². The van der Waals surface area contributed by atoms with Crippen LogP contribution in [-0.4, -0.2) is 0 Å². The number of nitrogens with two attached hydrogens (primary N) is 1. The fourth-order valence-corrected chi connectivity index (χ4v) is 1.29. The van der Waals surface area contributed by atoms with Crippen LogP contribution in [0.25, 0.3) is 0 Å². The van der Waals surface area contributed by atoms with E-state index in [4.69, 9.17) is 5.73 Å². The summed E-state index contributed by atoms with van der Waals surface area (Å²) in [6.45, 7) is 0. The molecule has 0 radical (unpaired) electrons. The van der Waals surface area contributed by atoms with Gasteiger partial charge in [-0.15, -0.1) is 0 Å². The van der Waals surface area contributed by atoms with Crippen molar-refractivity contribution < 1.29 is 0 Å². The average Bonchev–Trinajstić information content (AvgIpc) is 2.23. The molecule has 78 valence electrons. The highest BCUT2D eigenvalue weighted by molar-refractivity contribution is 5.72. The van der Waals surface area contributed by atoms with Gasteiger partial charge in [-0.3, -0.25) is 0 Å². The Morgan fingerprint density at radius 2 is 1.40 bits per heavy atom. The van der Waals surface area contributed by atoms with Crippen molar-refractivity contribution in [1.82, 2.24) is 0 Å². The predicted molar refractivity (Wildman–Crippen MR) is 67.3 cm³/mol. The van der Waals surface area contributed by atoms with Gasteiger partial charge in [0, 0.05) is 5.69 Å². The first kappa shape index (κ1) is 11.1. The monoisotopic (exact) mass is 200 g/mol. The summed E-state index contributed by atoms with van der Waals surface area (Å²) in [4.78, 5) is 0. The van der Waals surface area contributed by atoms with E-state index in [2.05, 4.69) is 5.32 Å². The number of hydrogen-bond donors (Lipinski definition) is 2. The molecule has 0 heterocycles. The van der Waals surface area contributed by atoms with E-state index in [1.165, 1.54) is 0 Å². The highest BCUT2D eigenvalue weighted by Gasteiger charge is 1.96. The second kappa shape index (κ2) is 5.05. The molecule has 2 aromatic rings. The molecule has 0 aliphatic heterocycles. The van der Waals surface area contributed by atoms with E-state index in [9.17, 15) is 0 Å². The van der Waals surface area contributed by atoms with E-state index in [-0.39, 0.29) is 7.43 Å². The Hall–Kier alpha value is -1.96. The zero-order chi connectivity index (χ0) is 9.80. The van der Waals surface area contributed by atoms with Crippen LogP contribution in [0.5, 0.6) is 0 Å². The van der Waals surface area contributed by atoms with Gasteiger partial charge in [0.1, 0.15) is 0 Å². The molecule has 0 aliphatic carbocycles. The van der Waals surface area contributed by atoms with Crippen LogP contribution in [0.1, 0.15) is 7.43 Å². The molecule has 0 aliphatic rings. The van der Waals surface area contributed by atoms with Crippen molar-refractivity contribution in [2.75, 3.05) is 11.1 Å². The smallest absolute Gasteiger partial charge is 0.0617 e. The van der Waals surface area contributed by atoms with Gasteiger partial charge in [0.05, 0.1) is 11.4 Å². The molecular weight excluding hydrogens is 184 g/mol. The van der Waals surface area contributed by atoms with Crippen LogP contribution < -0.4 is 11.1 Å². The average molecular weight is 200 g/mol.